The highest BCUT2D eigenvalue weighted by molar-refractivity contribution is 4.57. The van der Waals surface area contributed by atoms with Gasteiger partial charge in [-0.05, 0) is 11.8 Å². The van der Waals surface area contributed by atoms with Gasteiger partial charge in [0.2, 0.25) is 0 Å². The van der Waals surface area contributed by atoms with E-state index in [1.165, 1.54) is 38.5 Å². The van der Waals surface area contributed by atoms with E-state index in [4.69, 9.17) is 0 Å². The lowest BCUT2D eigenvalue weighted by Gasteiger charge is -2.14. The minimum absolute atomic E-state index is 0.871. The predicted molar refractivity (Wildman–Crippen MR) is 57.4 cm³/mol. The van der Waals surface area contributed by atoms with Gasteiger partial charge in [0.05, 0.1) is 0 Å². The van der Waals surface area contributed by atoms with Crippen molar-refractivity contribution >= 4 is 0 Å². The van der Waals surface area contributed by atoms with Crippen molar-refractivity contribution in [1.29, 1.82) is 0 Å². The van der Waals surface area contributed by atoms with Gasteiger partial charge >= 0.3 is 0 Å². The van der Waals surface area contributed by atoms with Crippen molar-refractivity contribution in [2.75, 3.05) is 0 Å². The van der Waals surface area contributed by atoms with E-state index in [0.29, 0.717) is 0 Å². The van der Waals surface area contributed by atoms with E-state index in [1.807, 2.05) is 0 Å². The van der Waals surface area contributed by atoms with Crippen LogP contribution >= 0.6 is 0 Å². The molecule has 0 amide bonds. The third kappa shape index (κ3) is 6.69. The van der Waals surface area contributed by atoms with Crippen molar-refractivity contribution in [2.45, 2.75) is 66.2 Å². The maximum absolute atomic E-state index is 2.38. The average molecular weight is 170 g/mol. The molecule has 0 aromatic rings. The lowest BCUT2D eigenvalue weighted by Crippen LogP contribution is -2.03. The summed E-state index contributed by atoms with van der Waals surface area (Å²) in [5.74, 6) is 1.79. The van der Waals surface area contributed by atoms with Gasteiger partial charge in [0.1, 0.15) is 0 Å². The maximum atomic E-state index is 2.38. The van der Waals surface area contributed by atoms with Crippen molar-refractivity contribution in [3.63, 3.8) is 0 Å². The van der Waals surface area contributed by atoms with Gasteiger partial charge in [0, 0.05) is 0 Å². The first-order valence-electron chi connectivity index (χ1n) is 5.68. The summed E-state index contributed by atoms with van der Waals surface area (Å²) >= 11 is 0. The summed E-state index contributed by atoms with van der Waals surface area (Å²) in [6.45, 7) is 9.31. The number of hydrogen-bond acceptors (Lipinski definition) is 0. The van der Waals surface area contributed by atoms with E-state index in [2.05, 4.69) is 27.7 Å². The molecule has 0 aliphatic heterocycles. The second kappa shape index (κ2) is 7.64. The Bertz CT molecular complexity index is 84.0. The van der Waals surface area contributed by atoms with Gasteiger partial charge in [-0.15, -0.1) is 0 Å². The maximum Gasteiger partial charge on any atom is -0.0420 e. The summed E-state index contributed by atoms with van der Waals surface area (Å²) in [7, 11) is 0. The lowest BCUT2D eigenvalue weighted by molar-refractivity contribution is 0.375. The number of rotatable bonds is 7. The SMILES string of the molecule is CCCCCCC[C@H](C)C(C)C. The summed E-state index contributed by atoms with van der Waals surface area (Å²) in [6, 6.07) is 0. The zero-order chi connectivity index (χ0) is 9.40. The van der Waals surface area contributed by atoms with Crippen LogP contribution in [0.4, 0.5) is 0 Å². The molecule has 0 radical (unpaired) electrons. The van der Waals surface area contributed by atoms with Crippen LogP contribution in [0, 0.1) is 11.8 Å². The molecular formula is C12H26. The largest absolute Gasteiger partial charge is 0.0654 e. The average Bonchev–Trinajstić information content (AvgIpc) is 2.03. The first kappa shape index (κ1) is 12.0. The van der Waals surface area contributed by atoms with Crippen molar-refractivity contribution in [2.24, 2.45) is 11.8 Å². The van der Waals surface area contributed by atoms with Crippen LogP contribution in [0.15, 0.2) is 0 Å². The van der Waals surface area contributed by atoms with Crippen molar-refractivity contribution < 1.29 is 0 Å². The molecule has 0 aromatic carbocycles. The first-order valence-corrected chi connectivity index (χ1v) is 5.68. The van der Waals surface area contributed by atoms with E-state index in [-0.39, 0.29) is 0 Å². The van der Waals surface area contributed by atoms with Crippen LogP contribution in [0.5, 0.6) is 0 Å². The Morgan fingerprint density at radius 3 is 1.92 bits per heavy atom. The van der Waals surface area contributed by atoms with Gasteiger partial charge in [-0.3, -0.25) is 0 Å². The number of unbranched alkanes of at least 4 members (excludes halogenated alkanes) is 4. The molecule has 0 aliphatic rings. The van der Waals surface area contributed by atoms with Crippen molar-refractivity contribution in [3.05, 3.63) is 0 Å². The molecule has 0 heteroatoms. The minimum Gasteiger partial charge on any atom is -0.0654 e. The minimum atomic E-state index is 0.871. The van der Waals surface area contributed by atoms with Crippen LogP contribution in [0.3, 0.4) is 0 Å². The molecule has 0 spiro atoms. The first-order chi connectivity index (χ1) is 5.68. The van der Waals surface area contributed by atoms with Gasteiger partial charge in [0.15, 0.2) is 0 Å². The van der Waals surface area contributed by atoms with E-state index in [9.17, 15) is 0 Å². The fourth-order valence-electron chi connectivity index (χ4n) is 1.40. The standard InChI is InChI=1S/C12H26/c1-5-6-7-8-9-10-12(4)11(2)3/h11-12H,5-10H2,1-4H3/t12-/m0/s1. The Balaban J connectivity index is 3.08. The van der Waals surface area contributed by atoms with Gasteiger partial charge in [-0.1, -0.05) is 66.2 Å². The van der Waals surface area contributed by atoms with E-state index in [1.54, 1.807) is 0 Å². The van der Waals surface area contributed by atoms with E-state index < -0.39 is 0 Å². The second-order valence-corrected chi connectivity index (χ2v) is 4.42. The highest BCUT2D eigenvalue weighted by Gasteiger charge is 2.05. The van der Waals surface area contributed by atoms with Crippen LogP contribution in [0.2, 0.25) is 0 Å². The van der Waals surface area contributed by atoms with Gasteiger partial charge in [-0.25, -0.2) is 0 Å². The second-order valence-electron chi connectivity index (χ2n) is 4.42. The Kier molecular flexibility index (Phi) is 7.64. The zero-order valence-corrected chi connectivity index (χ0v) is 9.40. The molecule has 0 nitrogen and oxygen atoms in total. The molecule has 1 atom stereocenters. The molecule has 0 N–H and O–H groups in total. The van der Waals surface area contributed by atoms with Gasteiger partial charge in [-0.2, -0.15) is 0 Å². The lowest BCUT2D eigenvalue weighted by atomic mass is 9.92. The zero-order valence-electron chi connectivity index (χ0n) is 9.40. The Labute approximate surface area is 78.8 Å². The van der Waals surface area contributed by atoms with Crippen LogP contribution in [0.25, 0.3) is 0 Å². The molecule has 0 aromatic heterocycles. The molecule has 74 valence electrons. The summed E-state index contributed by atoms with van der Waals surface area (Å²) in [4.78, 5) is 0. The van der Waals surface area contributed by atoms with Crippen molar-refractivity contribution in [1.82, 2.24) is 0 Å². The van der Waals surface area contributed by atoms with Crippen molar-refractivity contribution in [3.8, 4) is 0 Å². The summed E-state index contributed by atoms with van der Waals surface area (Å²) in [5.41, 5.74) is 0. The van der Waals surface area contributed by atoms with Crippen LogP contribution < -0.4 is 0 Å². The molecular weight excluding hydrogens is 144 g/mol. The predicted octanol–water partition coefficient (Wildman–Crippen LogP) is 4.64. The highest BCUT2D eigenvalue weighted by atomic mass is 14.1. The van der Waals surface area contributed by atoms with Crippen LogP contribution in [0.1, 0.15) is 66.2 Å². The van der Waals surface area contributed by atoms with Gasteiger partial charge in [0.25, 0.3) is 0 Å². The Morgan fingerprint density at radius 1 is 0.833 bits per heavy atom. The van der Waals surface area contributed by atoms with E-state index in [0.717, 1.165) is 11.8 Å². The van der Waals surface area contributed by atoms with Crippen LogP contribution in [-0.4, -0.2) is 0 Å². The van der Waals surface area contributed by atoms with Crippen LogP contribution in [-0.2, 0) is 0 Å². The monoisotopic (exact) mass is 170 g/mol. The van der Waals surface area contributed by atoms with E-state index >= 15 is 0 Å². The molecule has 0 saturated carbocycles. The topological polar surface area (TPSA) is 0 Å². The normalized spacial score (nSPS) is 13.8. The fourth-order valence-corrected chi connectivity index (χ4v) is 1.40. The number of hydrogen-bond donors (Lipinski definition) is 0. The molecule has 0 heterocycles. The molecule has 0 bridgehead atoms. The molecule has 0 unspecified atom stereocenters. The quantitative estimate of drug-likeness (QED) is 0.488. The summed E-state index contributed by atoms with van der Waals surface area (Å²) in [5, 5.41) is 0. The summed E-state index contributed by atoms with van der Waals surface area (Å²) in [6.07, 6.45) is 8.56. The smallest absolute Gasteiger partial charge is 0.0420 e. The third-order valence-corrected chi connectivity index (χ3v) is 2.90. The Morgan fingerprint density at radius 2 is 1.42 bits per heavy atom. The highest BCUT2D eigenvalue weighted by Crippen LogP contribution is 2.18. The summed E-state index contributed by atoms with van der Waals surface area (Å²) < 4.78 is 0. The van der Waals surface area contributed by atoms with Gasteiger partial charge < -0.3 is 0 Å². The molecule has 0 rings (SSSR count). The molecule has 12 heavy (non-hydrogen) atoms. The molecule has 0 saturated heterocycles. The molecule has 0 aliphatic carbocycles. The Hall–Kier alpha value is 0. The molecule has 0 fully saturated rings. The third-order valence-electron chi connectivity index (χ3n) is 2.90. The fraction of sp³-hybridized carbons (Fsp3) is 1.00.